The van der Waals surface area contributed by atoms with Crippen molar-refractivity contribution in [3.05, 3.63) is 68.8 Å². The van der Waals surface area contributed by atoms with E-state index in [-0.39, 0.29) is 18.4 Å². The summed E-state index contributed by atoms with van der Waals surface area (Å²) in [4.78, 5) is 23.6. The summed E-state index contributed by atoms with van der Waals surface area (Å²) >= 11 is 2.16. The van der Waals surface area contributed by atoms with Gasteiger partial charge in [-0.1, -0.05) is 18.2 Å². The fraction of sp³-hybridized carbons (Fsp3) is 0.176. The average molecular weight is 444 g/mol. The molecule has 24 heavy (non-hydrogen) atoms. The molecule has 2 rings (SSSR count). The van der Waals surface area contributed by atoms with Gasteiger partial charge in [0.1, 0.15) is 17.7 Å². The van der Waals surface area contributed by atoms with Crippen LogP contribution in [0.4, 0.5) is 8.78 Å². The second-order valence-electron chi connectivity index (χ2n) is 5.27. The molecule has 0 fully saturated rings. The van der Waals surface area contributed by atoms with Gasteiger partial charge in [-0.2, -0.15) is 0 Å². The first-order valence-corrected chi connectivity index (χ1v) is 8.20. The third-order valence-corrected chi connectivity index (χ3v) is 4.12. The van der Waals surface area contributed by atoms with Crippen molar-refractivity contribution < 1.29 is 18.4 Å². The van der Waals surface area contributed by atoms with Gasteiger partial charge < -0.3 is 11.1 Å². The van der Waals surface area contributed by atoms with Crippen LogP contribution in [-0.2, 0) is 22.4 Å². The summed E-state index contributed by atoms with van der Waals surface area (Å²) in [7, 11) is 0. The van der Waals surface area contributed by atoms with Crippen LogP contribution in [0.1, 0.15) is 11.1 Å². The maximum absolute atomic E-state index is 13.6. The molecule has 0 radical (unpaired) electrons. The maximum Gasteiger partial charge on any atom is 0.240 e. The van der Waals surface area contributed by atoms with Crippen molar-refractivity contribution in [2.45, 2.75) is 18.9 Å². The summed E-state index contributed by atoms with van der Waals surface area (Å²) in [6, 6.07) is 9.51. The average Bonchev–Trinajstić information content (AvgIpc) is 2.51. The van der Waals surface area contributed by atoms with Crippen molar-refractivity contribution in [3.8, 4) is 0 Å². The number of rotatable bonds is 6. The van der Waals surface area contributed by atoms with Gasteiger partial charge in [0.05, 0.1) is 6.42 Å². The van der Waals surface area contributed by atoms with Crippen molar-refractivity contribution in [3.63, 3.8) is 0 Å². The van der Waals surface area contributed by atoms with Crippen LogP contribution in [-0.4, -0.2) is 17.9 Å². The zero-order valence-electron chi connectivity index (χ0n) is 12.6. The van der Waals surface area contributed by atoms with Crippen LogP contribution in [0.2, 0.25) is 0 Å². The molecule has 0 saturated carbocycles. The van der Waals surface area contributed by atoms with Crippen LogP contribution < -0.4 is 11.1 Å². The molecule has 0 aliphatic rings. The Kier molecular flexibility index (Phi) is 6.24. The highest BCUT2D eigenvalue weighted by atomic mass is 127. The predicted molar refractivity (Wildman–Crippen MR) is 94.1 cm³/mol. The SMILES string of the molecule is NC(=O)[C@@H](Cc1ccc(I)cc1)NC(=O)Cc1ccc(F)cc1F. The van der Waals surface area contributed by atoms with Gasteiger partial charge in [-0.3, -0.25) is 9.59 Å². The summed E-state index contributed by atoms with van der Waals surface area (Å²) in [5.74, 6) is -2.76. The Morgan fingerprint density at radius 2 is 1.79 bits per heavy atom. The molecular weight excluding hydrogens is 429 g/mol. The van der Waals surface area contributed by atoms with E-state index >= 15 is 0 Å². The monoisotopic (exact) mass is 444 g/mol. The van der Waals surface area contributed by atoms with Crippen LogP contribution >= 0.6 is 22.6 Å². The number of carbonyl (C=O) groups excluding carboxylic acids is 2. The van der Waals surface area contributed by atoms with E-state index in [0.717, 1.165) is 15.2 Å². The first kappa shape index (κ1) is 18.3. The second-order valence-corrected chi connectivity index (χ2v) is 6.51. The predicted octanol–water partition coefficient (Wildman–Crippen LogP) is 2.32. The first-order valence-electron chi connectivity index (χ1n) is 7.12. The highest BCUT2D eigenvalue weighted by Gasteiger charge is 2.19. The van der Waals surface area contributed by atoms with Gasteiger partial charge in [0.15, 0.2) is 0 Å². The minimum absolute atomic E-state index is 0.0476. The number of nitrogens with one attached hydrogen (secondary N) is 1. The van der Waals surface area contributed by atoms with E-state index in [1.807, 2.05) is 24.3 Å². The lowest BCUT2D eigenvalue weighted by Gasteiger charge is -2.16. The maximum atomic E-state index is 13.6. The van der Waals surface area contributed by atoms with Gasteiger partial charge in [-0.15, -0.1) is 0 Å². The van der Waals surface area contributed by atoms with Crippen molar-refractivity contribution >= 4 is 34.4 Å². The van der Waals surface area contributed by atoms with E-state index in [2.05, 4.69) is 27.9 Å². The number of benzene rings is 2. The number of halogens is 3. The number of hydrogen-bond donors (Lipinski definition) is 2. The fourth-order valence-corrected chi connectivity index (χ4v) is 2.52. The van der Waals surface area contributed by atoms with Gasteiger partial charge >= 0.3 is 0 Å². The number of primary amides is 1. The zero-order valence-corrected chi connectivity index (χ0v) is 14.7. The minimum atomic E-state index is -0.902. The quantitative estimate of drug-likeness (QED) is 0.672. The molecule has 0 unspecified atom stereocenters. The minimum Gasteiger partial charge on any atom is -0.368 e. The highest BCUT2D eigenvalue weighted by Crippen LogP contribution is 2.11. The van der Waals surface area contributed by atoms with E-state index < -0.39 is 29.5 Å². The van der Waals surface area contributed by atoms with Gasteiger partial charge in [0, 0.05) is 16.1 Å². The lowest BCUT2D eigenvalue weighted by molar-refractivity contribution is -0.127. The Balaban J connectivity index is 2.02. The summed E-state index contributed by atoms with van der Waals surface area (Å²) in [5, 5.41) is 2.49. The molecule has 0 aliphatic carbocycles. The first-order chi connectivity index (χ1) is 11.3. The van der Waals surface area contributed by atoms with E-state index in [4.69, 9.17) is 5.73 Å². The Morgan fingerprint density at radius 3 is 2.38 bits per heavy atom. The normalized spacial score (nSPS) is 11.8. The Morgan fingerprint density at radius 1 is 1.12 bits per heavy atom. The molecule has 0 saturated heterocycles. The molecule has 0 aromatic heterocycles. The topological polar surface area (TPSA) is 72.2 Å². The smallest absolute Gasteiger partial charge is 0.240 e. The largest absolute Gasteiger partial charge is 0.368 e. The Hall–Kier alpha value is -2.03. The van der Waals surface area contributed by atoms with Crippen LogP contribution in [0.15, 0.2) is 42.5 Å². The fourth-order valence-electron chi connectivity index (χ4n) is 2.16. The molecule has 0 bridgehead atoms. The molecule has 0 aliphatic heterocycles. The number of hydrogen-bond acceptors (Lipinski definition) is 2. The summed E-state index contributed by atoms with van der Waals surface area (Å²) < 4.78 is 27.5. The molecule has 4 nitrogen and oxygen atoms in total. The van der Waals surface area contributed by atoms with Crippen LogP contribution in [0.3, 0.4) is 0 Å². The van der Waals surface area contributed by atoms with E-state index in [1.54, 1.807) is 0 Å². The molecule has 0 heterocycles. The van der Waals surface area contributed by atoms with Crippen LogP contribution in [0.5, 0.6) is 0 Å². The van der Waals surface area contributed by atoms with Crippen molar-refractivity contribution in [1.82, 2.24) is 5.32 Å². The van der Waals surface area contributed by atoms with E-state index in [9.17, 15) is 18.4 Å². The van der Waals surface area contributed by atoms with E-state index in [0.29, 0.717) is 6.07 Å². The van der Waals surface area contributed by atoms with Gasteiger partial charge in [-0.25, -0.2) is 8.78 Å². The summed E-state index contributed by atoms with van der Waals surface area (Å²) in [5.41, 5.74) is 6.21. The number of carbonyl (C=O) groups is 2. The lowest BCUT2D eigenvalue weighted by atomic mass is 10.0. The molecule has 7 heteroatoms. The standard InChI is InChI=1S/C17H15F2IN2O2/c18-12-4-3-11(14(19)9-12)8-16(23)22-15(17(21)24)7-10-1-5-13(20)6-2-10/h1-6,9,15H,7-8H2,(H2,21,24)(H,22,23)/t15-/m1/s1. The zero-order chi connectivity index (χ0) is 17.7. The van der Waals surface area contributed by atoms with Crippen LogP contribution in [0.25, 0.3) is 0 Å². The number of nitrogens with two attached hydrogens (primary N) is 1. The third kappa shape index (κ3) is 5.26. The Labute approximate surface area is 151 Å². The summed E-state index contributed by atoms with van der Waals surface area (Å²) in [6.07, 6.45) is -0.0630. The molecule has 0 spiro atoms. The number of amides is 2. The van der Waals surface area contributed by atoms with Crippen molar-refractivity contribution in [2.24, 2.45) is 5.73 Å². The second kappa shape index (κ2) is 8.18. The molecule has 2 amide bonds. The molecular formula is C17H15F2IN2O2. The molecule has 1 atom stereocenters. The van der Waals surface area contributed by atoms with Gasteiger partial charge in [-0.05, 0) is 51.9 Å². The summed E-state index contributed by atoms with van der Waals surface area (Å²) in [6.45, 7) is 0. The Bertz CT molecular complexity index is 751. The van der Waals surface area contributed by atoms with Crippen molar-refractivity contribution in [2.75, 3.05) is 0 Å². The van der Waals surface area contributed by atoms with Gasteiger partial charge in [0.25, 0.3) is 0 Å². The van der Waals surface area contributed by atoms with Crippen molar-refractivity contribution in [1.29, 1.82) is 0 Å². The van der Waals surface area contributed by atoms with Gasteiger partial charge in [0.2, 0.25) is 11.8 Å². The lowest BCUT2D eigenvalue weighted by Crippen LogP contribution is -2.46. The molecule has 3 N–H and O–H groups in total. The van der Waals surface area contributed by atoms with E-state index in [1.165, 1.54) is 6.07 Å². The molecule has 126 valence electrons. The highest BCUT2D eigenvalue weighted by molar-refractivity contribution is 14.1. The van der Waals surface area contributed by atoms with Crippen LogP contribution in [0, 0.1) is 15.2 Å². The molecule has 2 aromatic carbocycles. The third-order valence-electron chi connectivity index (χ3n) is 3.40. The molecule has 2 aromatic rings.